The van der Waals surface area contributed by atoms with Gasteiger partial charge in [0, 0.05) is 50.9 Å². The van der Waals surface area contributed by atoms with Crippen LogP contribution >= 0.6 is 0 Å². The Balaban J connectivity index is 0.00000221. The molecule has 4 N–H and O–H groups in total. The van der Waals surface area contributed by atoms with Gasteiger partial charge < -0.3 is 29.9 Å². The quantitative estimate of drug-likeness (QED) is 0.133. The monoisotopic (exact) mass is 632 g/mol. The number of aryl methyl sites for hydroxylation is 4. The molecule has 5 atom stereocenters. The van der Waals surface area contributed by atoms with Gasteiger partial charge in [0.1, 0.15) is 35.2 Å². The van der Waals surface area contributed by atoms with E-state index < -0.39 is 6.10 Å². The van der Waals surface area contributed by atoms with Crippen molar-refractivity contribution in [1.82, 2.24) is 0 Å². The first-order valence-electron chi connectivity index (χ1n) is 14.6. The molecule has 4 aromatic carbocycles. The molecule has 0 aliphatic carbocycles. The van der Waals surface area contributed by atoms with E-state index in [0.717, 1.165) is 28.9 Å². The van der Waals surface area contributed by atoms with Gasteiger partial charge in [0.25, 0.3) is 0 Å². The fourth-order valence-electron chi connectivity index (χ4n) is 6.98. The van der Waals surface area contributed by atoms with Crippen LogP contribution in [-0.2, 0) is 6.42 Å². The molecule has 4 aromatic rings. The van der Waals surface area contributed by atoms with Gasteiger partial charge in [-0.1, -0.05) is 59.0 Å². The summed E-state index contributed by atoms with van der Waals surface area (Å²) in [6.45, 7) is 12.7. The molecule has 5 unspecified atom stereocenters. The van der Waals surface area contributed by atoms with Crippen molar-refractivity contribution in [3.05, 3.63) is 105 Å². The van der Waals surface area contributed by atoms with Crippen LogP contribution < -0.4 is 9.47 Å². The van der Waals surface area contributed by atoms with E-state index in [0.29, 0.717) is 16.9 Å². The fraction of sp³-hybridized carbons (Fsp3) is 0.368. The summed E-state index contributed by atoms with van der Waals surface area (Å²) in [6.07, 6.45) is 0.182. The van der Waals surface area contributed by atoms with Crippen LogP contribution in [0.2, 0.25) is 0 Å². The van der Waals surface area contributed by atoms with E-state index in [2.05, 4.69) is 65.8 Å². The van der Waals surface area contributed by atoms with E-state index in [1.54, 1.807) is 6.07 Å². The normalized spacial score (nSPS) is 21.0. The van der Waals surface area contributed by atoms with Crippen LogP contribution in [-0.4, -0.2) is 28.8 Å². The van der Waals surface area contributed by atoms with Crippen LogP contribution in [0.5, 0.6) is 34.5 Å². The SMILES string of the molecule is C.C.Cc1ccc(C2Oc3c(c(C)cc(C)c3C3c4c(O)cc(O)cc4OC(c4ccc(O)c(O)c4)C3C)CC2C)cc1C.F.[2HH].[B]. The second-order valence-corrected chi connectivity index (χ2v) is 12.3. The molecule has 8 heteroatoms. The lowest BCUT2D eigenvalue weighted by Gasteiger charge is -2.42. The second-order valence-electron chi connectivity index (χ2n) is 12.3. The van der Waals surface area contributed by atoms with Crippen molar-refractivity contribution in [2.45, 2.75) is 80.9 Å². The zero-order chi connectivity index (χ0) is 30.0. The van der Waals surface area contributed by atoms with Crippen molar-refractivity contribution in [2.75, 3.05) is 0 Å². The summed E-state index contributed by atoms with van der Waals surface area (Å²) in [6, 6.07) is 16.3. The van der Waals surface area contributed by atoms with Crippen molar-refractivity contribution < 1.29 is 36.0 Å². The molecule has 46 heavy (non-hydrogen) atoms. The van der Waals surface area contributed by atoms with Crippen LogP contribution in [0.3, 0.4) is 0 Å². The van der Waals surface area contributed by atoms with Crippen LogP contribution in [0.1, 0.15) is 98.3 Å². The maximum absolute atomic E-state index is 11.2. The molecule has 0 fully saturated rings. The first kappa shape index (κ1) is 37.9. The number of fused-ring (bicyclic) bond motifs is 2. The molecule has 247 valence electrons. The molecule has 0 spiro atoms. The van der Waals surface area contributed by atoms with Gasteiger partial charge in [-0.25, -0.2) is 0 Å². The molecular formula is C38H49BFO6. The van der Waals surface area contributed by atoms with E-state index >= 15 is 0 Å². The molecule has 3 radical (unpaired) electrons. The highest BCUT2D eigenvalue weighted by Crippen LogP contribution is 2.57. The first-order chi connectivity index (χ1) is 19.9. The summed E-state index contributed by atoms with van der Waals surface area (Å²) >= 11 is 0. The van der Waals surface area contributed by atoms with Crippen LogP contribution in [0.15, 0.2) is 54.6 Å². The molecule has 0 saturated carbocycles. The highest BCUT2D eigenvalue weighted by molar-refractivity contribution is 5.75. The fourth-order valence-corrected chi connectivity index (χ4v) is 6.98. The highest BCUT2D eigenvalue weighted by atomic mass is 19.0. The van der Waals surface area contributed by atoms with Crippen LogP contribution in [0, 0.1) is 39.5 Å². The van der Waals surface area contributed by atoms with Gasteiger partial charge in [0.2, 0.25) is 0 Å². The zero-order valence-corrected chi connectivity index (χ0v) is 25.9. The summed E-state index contributed by atoms with van der Waals surface area (Å²) in [5.74, 6) is 0.316. The Bertz CT molecular complexity index is 1730. The van der Waals surface area contributed by atoms with Gasteiger partial charge in [-0.3, -0.25) is 4.70 Å². The predicted octanol–water partition coefficient (Wildman–Crippen LogP) is 9.25. The van der Waals surface area contributed by atoms with Gasteiger partial charge in [-0.2, -0.15) is 0 Å². The number of hydrogen-bond donors (Lipinski definition) is 4. The molecule has 2 heterocycles. The topological polar surface area (TPSA) is 99.4 Å². The van der Waals surface area contributed by atoms with Gasteiger partial charge in [-0.05, 0) is 85.2 Å². The Kier molecular flexibility index (Phi) is 11.5. The smallest absolute Gasteiger partial charge is 0.157 e. The number of rotatable bonds is 3. The maximum atomic E-state index is 11.2. The van der Waals surface area contributed by atoms with Crippen LogP contribution in [0.4, 0.5) is 4.70 Å². The molecule has 2 aliphatic heterocycles. The van der Waals surface area contributed by atoms with Gasteiger partial charge >= 0.3 is 0 Å². The predicted molar refractivity (Wildman–Crippen MR) is 186 cm³/mol. The molecule has 0 aromatic heterocycles. The number of benzene rings is 4. The Hall–Kier alpha value is -4.33. The number of ether oxygens (including phenoxy) is 2. The van der Waals surface area contributed by atoms with Crippen molar-refractivity contribution in [1.29, 1.82) is 0 Å². The van der Waals surface area contributed by atoms with Crippen LogP contribution in [0.25, 0.3) is 0 Å². The molecular weight excluding hydrogens is 582 g/mol. The molecule has 0 bridgehead atoms. The summed E-state index contributed by atoms with van der Waals surface area (Å²) in [7, 11) is 0. The van der Waals surface area contributed by atoms with E-state index in [4.69, 9.17) is 9.47 Å². The van der Waals surface area contributed by atoms with Crippen molar-refractivity contribution >= 4 is 8.41 Å². The second kappa shape index (κ2) is 14.0. The summed E-state index contributed by atoms with van der Waals surface area (Å²) in [5.41, 5.74) is 9.26. The van der Waals surface area contributed by atoms with Crippen molar-refractivity contribution in [2.24, 2.45) is 11.8 Å². The lowest BCUT2D eigenvalue weighted by atomic mass is 9.71. The standard InChI is InChI=1S/C36H38O6.2CH4.B.FH.H2/c1-17-7-8-23(12-18(17)2)34-21(5)13-26-19(3)11-20(4)31(36(26)42-34)32-22(6)35(24-9-10-27(38)28(39)14-24)41-30-16-25(37)15-29(40)33(30)32;;;;;/h7-12,14-16,21-22,32,34-35,37-40H,13H2,1-6H3;2*1H4;;2*1H/i;;;;;1+1. The Morgan fingerprint density at radius 1 is 0.652 bits per heavy atom. The molecule has 6 rings (SSSR count). The minimum atomic E-state index is -0.537. The van der Waals surface area contributed by atoms with E-state index in [1.165, 1.54) is 46.5 Å². The van der Waals surface area contributed by atoms with Gasteiger partial charge in [0.15, 0.2) is 11.5 Å². The minimum absolute atomic E-state index is 0. The lowest BCUT2D eigenvalue weighted by Crippen LogP contribution is -2.31. The molecule has 0 amide bonds. The number of phenolic OH excluding ortho intramolecular Hbond substituents is 4. The minimum Gasteiger partial charge on any atom is -0.508 e. The van der Waals surface area contributed by atoms with E-state index in [1.807, 2.05) is 0 Å². The van der Waals surface area contributed by atoms with Gasteiger partial charge in [-0.15, -0.1) is 0 Å². The third-order valence-electron chi connectivity index (χ3n) is 9.31. The maximum Gasteiger partial charge on any atom is 0.157 e. The summed E-state index contributed by atoms with van der Waals surface area (Å²) in [5, 5.41) is 41.9. The number of hydrogen-bond acceptors (Lipinski definition) is 6. The summed E-state index contributed by atoms with van der Waals surface area (Å²) in [4.78, 5) is 0. The van der Waals surface area contributed by atoms with Crippen molar-refractivity contribution in [3.8, 4) is 34.5 Å². The average Bonchev–Trinajstić information content (AvgIpc) is 2.93. The number of halogens is 1. The lowest BCUT2D eigenvalue weighted by molar-refractivity contribution is 0.0999. The number of phenols is 4. The Labute approximate surface area is 276 Å². The Morgan fingerprint density at radius 3 is 1.96 bits per heavy atom. The molecule has 0 saturated heterocycles. The summed E-state index contributed by atoms with van der Waals surface area (Å²) < 4.78 is 13.5. The van der Waals surface area contributed by atoms with Crippen molar-refractivity contribution in [3.63, 3.8) is 0 Å². The Morgan fingerprint density at radius 2 is 1.30 bits per heavy atom. The zero-order valence-electron chi connectivity index (χ0n) is 25.9. The van der Waals surface area contributed by atoms with E-state index in [-0.39, 0.29) is 76.3 Å². The third kappa shape index (κ3) is 6.22. The van der Waals surface area contributed by atoms with E-state index in [9.17, 15) is 20.4 Å². The van der Waals surface area contributed by atoms with Gasteiger partial charge in [0.05, 0.1) is 0 Å². The molecule has 2 aliphatic rings. The highest BCUT2D eigenvalue weighted by Gasteiger charge is 2.43. The largest absolute Gasteiger partial charge is 0.508 e. The number of aromatic hydroxyl groups is 4. The average molecular weight is 633 g/mol. The molecule has 6 nitrogen and oxygen atoms in total. The first-order valence-corrected chi connectivity index (χ1v) is 14.6. The third-order valence-corrected chi connectivity index (χ3v) is 9.31.